The van der Waals surface area contributed by atoms with Gasteiger partial charge in [0.1, 0.15) is 17.3 Å². The molecule has 0 aliphatic carbocycles. The summed E-state index contributed by atoms with van der Waals surface area (Å²) in [7, 11) is 0. The monoisotopic (exact) mass is 660 g/mol. The van der Waals surface area contributed by atoms with Crippen LogP contribution in [-0.4, -0.2) is 9.55 Å². The summed E-state index contributed by atoms with van der Waals surface area (Å²) in [4.78, 5) is 9.09. The number of benzene rings is 6. The van der Waals surface area contributed by atoms with Crippen LogP contribution in [0, 0.1) is 6.67 Å². The number of aromatic nitrogens is 2. The molecule has 0 bridgehead atoms. The number of ether oxygens (including phenoxy) is 1. The second kappa shape index (κ2) is 12.2. The van der Waals surface area contributed by atoms with Crippen molar-refractivity contribution < 1.29 is 4.74 Å². The smallest absolute Gasteiger partial charge is 0.218 e. The maximum atomic E-state index is 6.64. The Morgan fingerprint density at radius 2 is 1.22 bits per heavy atom. The molecule has 0 amide bonds. The highest BCUT2D eigenvalue weighted by atomic mass is 16.5. The van der Waals surface area contributed by atoms with Crippen molar-refractivity contribution in [2.24, 2.45) is 0 Å². The number of fused-ring (bicyclic) bond motifs is 4. The van der Waals surface area contributed by atoms with E-state index in [-0.39, 0.29) is 5.41 Å². The fourth-order valence-electron chi connectivity index (χ4n) is 6.97. The molecule has 0 fully saturated rings. The molecule has 5 nitrogen and oxygen atoms in total. The molecule has 6 aromatic carbocycles. The van der Waals surface area contributed by atoms with Gasteiger partial charge in [-0.05, 0) is 94.9 Å². The predicted octanol–water partition coefficient (Wildman–Crippen LogP) is 12.2. The van der Waals surface area contributed by atoms with Crippen molar-refractivity contribution >= 4 is 44.6 Å². The van der Waals surface area contributed by atoms with E-state index in [0.29, 0.717) is 0 Å². The number of nitrogens with zero attached hydrogens (tertiary/aromatic N) is 4. The first kappa shape index (κ1) is 30.7. The van der Waals surface area contributed by atoms with Crippen molar-refractivity contribution in [1.82, 2.24) is 9.55 Å². The first-order chi connectivity index (χ1) is 24.9. The summed E-state index contributed by atoms with van der Waals surface area (Å²) in [5.41, 5.74) is 9.88. The van der Waals surface area contributed by atoms with Crippen molar-refractivity contribution in [3.05, 3.63) is 176 Å². The minimum atomic E-state index is -0.0148. The van der Waals surface area contributed by atoms with Crippen LogP contribution in [0.3, 0.4) is 0 Å². The van der Waals surface area contributed by atoms with Crippen molar-refractivity contribution in [1.29, 1.82) is 0 Å². The Kier molecular flexibility index (Phi) is 7.36. The van der Waals surface area contributed by atoms with E-state index in [2.05, 4.69) is 169 Å². The number of hydrogen-bond acceptors (Lipinski definition) is 4. The van der Waals surface area contributed by atoms with Crippen LogP contribution in [0.4, 0.5) is 22.7 Å². The third-order valence-corrected chi connectivity index (χ3v) is 9.57. The van der Waals surface area contributed by atoms with E-state index in [9.17, 15) is 0 Å². The lowest BCUT2D eigenvalue weighted by atomic mass is 9.88. The number of rotatable bonds is 6. The lowest BCUT2D eigenvalue weighted by Crippen LogP contribution is -2.17. The molecule has 2 radical (unpaired) electrons. The topological polar surface area (TPSA) is 33.5 Å². The molecule has 9 rings (SSSR count). The zero-order valence-corrected chi connectivity index (χ0v) is 28.8. The highest BCUT2D eigenvalue weighted by Gasteiger charge is 2.30. The molecule has 1 aliphatic heterocycles. The van der Waals surface area contributed by atoms with Gasteiger partial charge in [-0.2, -0.15) is 0 Å². The molecule has 2 aromatic heterocycles. The highest BCUT2D eigenvalue weighted by molar-refractivity contribution is 6.10. The van der Waals surface area contributed by atoms with Gasteiger partial charge in [-0.15, -0.1) is 0 Å². The van der Waals surface area contributed by atoms with Gasteiger partial charge in [-0.1, -0.05) is 93.6 Å². The van der Waals surface area contributed by atoms with Crippen LogP contribution in [0.15, 0.2) is 164 Å². The van der Waals surface area contributed by atoms with Gasteiger partial charge in [0.25, 0.3) is 0 Å². The lowest BCUT2D eigenvalue weighted by Gasteiger charge is -2.20. The van der Waals surface area contributed by atoms with Gasteiger partial charge in [0.05, 0.1) is 22.4 Å². The second-order valence-corrected chi connectivity index (χ2v) is 14.0. The predicted molar refractivity (Wildman–Crippen MR) is 210 cm³/mol. The molecular formula is C46H36N4O. The number of anilines is 4. The van der Waals surface area contributed by atoms with E-state index in [1.807, 2.05) is 36.5 Å². The van der Waals surface area contributed by atoms with Crippen molar-refractivity contribution in [2.75, 3.05) is 9.80 Å². The van der Waals surface area contributed by atoms with Crippen LogP contribution in [0.1, 0.15) is 26.3 Å². The van der Waals surface area contributed by atoms with Crippen molar-refractivity contribution in [2.45, 2.75) is 26.2 Å². The first-order valence-corrected chi connectivity index (χ1v) is 17.3. The van der Waals surface area contributed by atoms with Crippen LogP contribution in [0.5, 0.6) is 11.5 Å². The minimum Gasteiger partial charge on any atom is -0.457 e. The Bertz CT molecular complexity index is 2530. The van der Waals surface area contributed by atoms with Gasteiger partial charge in [0, 0.05) is 40.5 Å². The Balaban J connectivity index is 1.12. The van der Waals surface area contributed by atoms with Crippen molar-refractivity contribution in [3.8, 4) is 28.4 Å². The molecule has 0 atom stereocenters. The van der Waals surface area contributed by atoms with Crippen LogP contribution >= 0.6 is 0 Å². The zero-order valence-electron chi connectivity index (χ0n) is 28.8. The van der Waals surface area contributed by atoms with Crippen LogP contribution in [0.25, 0.3) is 38.8 Å². The number of hydrogen-bond donors (Lipinski definition) is 0. The Labute approximate surface area is 298 Å². The maximum Gasteiger partial charge on any atom is 0.218 e. The first-order valence-electron chi connectivity index (χ1n) is 17.3. The second-order valence-electron chi connectivity index (χ2n) is 14.0. The average Bonchev–Trinajstić information content (AvgIpc) is 3.71. The van der Waals surface area contributed by atoms with Gasteiger partial charge in [-0.3, -0.25) is 4.57 Å². The maximum absolute atomic E-state index is 6.64. The third-order valence-electron chi connectivity index (χ3n) is 9.57. The summed E-state index contributed by atoms with van der Waals surface area (Å²) in [6, 6.07) is 54.8. The summed E-state index contributed by atoms with van der Waals surface area (Å²) < 4.78 is 8.91. The van der Waals surface area contributed by atoms with Gasteiger partial charge >= 0.3 is 0 Å². The fraction of sp³-hybridized carbons (Fsp3) is 0.0870. The summed E-state index contributed by atoms with van der Waals surface area (Å²) >= 11 is 0. The molecule has 3 heterocycles. The van der Waals surface area contributed by atoms with Gasteiger partial charge in [0.2, 0.25) is 6.67 Å². The summed E-state index contributed by atoms with van der Waals surface area (Å²) in [5.74, 6) is 2.38. The summed E-state index contributed by atoms with van der Waals surface area (Å²) in [6.07, 6.45) is 1.92. The molecule has 0 unspecified atom stereocenters. The standard InChI is InChI=1S/C46H36N4O/c1-46(2,3)34-25-26-47-45(28-34)50-41-24-21-33(32-13-6-4-7-14-32)27-40(41)39-23-22-38(30-44(39)50)51-37-18-12-17-36(29-37)49-31-48(35-15-8-5-9-16-35)42-19-10-11-20-43(42)49/h4-30H,1-3H3. The summed E-state index contributed by atoms with van der Waals surface area (Å²) in [6.45, 7) is 10.3. The minimum absolute atomic E-state index is 0.0148. The molecule has 0 N–H and O–H groups in total. The van der Waals surface area contributed by atoms with Gasteiger partial charge < -0.3 is 14.5 Å². The largest absolute Gasteiger partial charge is 0.457 e. The molecule has 0 saturated heterocycles. The van der Waals surface area contributed by atoms with Gasteiger partial charge in [-0.25, -0.2) is 4.98 Å². The van der Waals surface area contributed by atoms with Crippen LogP contribution in [-0.2, 0) is 5.41 Å². The molecule has 246 valence electrons. The van der Waals surface area contributed by atoms with Crippen LogP contribution < -0.4 is 14.5 Å². The van der Waals surface area contributed by atoms with Crippen molar-refractivity contribution in [3.63, 3.8) is 0 Å². The van der Waals surface area contributed by atoms with E-state index in [4.69, 9.17) is 9.72 Å². The number of pyridine rings is 1. The molecule has 5 heteroatoms. The van der Waals surface area contributed by atoms with E-state index in [1.54, 1.807) is 0 Å². The SMILES string of the molecule is CC(C)(C)c1ccnc(-n2c3ccc(-c4ccccc4)cc3c3ccc(Oc4cccc(N5[C]N(c6ccccc6)c6ccccc65)c4)cc32)c1. The van der Waals surface area contributed by atoms with E-state index < -0.39 is 0 Å². The quantitative estimate of drug-likeness (QED) is 0.178. The molecule has 0 saturated carbocycles. The van der Waals surface area contributed by atoms with E-state index in [1.165, 1.54) is 22.1 Å². The average molecular weight is 661 g/mol. The lowest BCUT2D eigenvalue weighted by molar-refractivity contribution is 0.483. The molecular weight excluding hydrogens is 625 g/mol. The molecule has 0 spiro atoms. The van der Waals surface area contributed by atoms with Gasteiger partial charge in [0.15, 0.2) is 0 Å². The Morgan fingerprint density at radius 3 is 1.98 bits per heavy atom. The normalized spacial score (nSPS) is 12.8. The van der Waals surface area contributed by atoms with Crippen LogP contribution in [0.2, 0.25) is 0 Å². The Hall–Kier alpha value is -6.33. The summed E-state index contributed by atoms with van der Waals surface area (Å²) in [5, 5.41) is 2.32. The molecule has 8 aromatic rings. The van der Waals surface area contributed by atoms with E-state index >= 15 is 0 Å². The molecule has 51 heavy (non-hydrogen) atoms. The third kappa shape index (κ3) is 5.57. The van der Waals surface area contributed by atoms with E-state index in [0.717, 1.165) is 56.5 Å². The Morgan fingerprint density at radius 1 is 0.529 bits per heavy atom. The highest BCUT2D eigenvalue weighted by Crippen LogP contribution is 2.47. The molecule has 1 aliphatic rings. The zero-order chi connectivity index (χ0) is 34.5. The fourth-order valence-corrected chi connectivity index (χ4v) is 6.97. The number of para-hydroxylation sites is 3.